The van der Waals surface area contributed by atoms with Crippen LogP contribution in [-0.2, 0) is 22.6 Å². The van der Waals surface area contributed by atoms with Crippen molar-refractivity contribution in [3.63, 3.8) is 0 Å². The lowest BCUT2D eigenvalue weighted by molar-refractivity contribution is -0.136. The van der Waals surface area contributed by atoms with Gasteiger partial charge in [-0.3, -0.25) is 14.3 Å². The van der Waals surface area contributed by atoms with Crippen LogP contribution in [0.15, 0.2) is 36.4 Å². The number of nitrogens with one attached hydrogen (secondary N) is 2. The molecule has 0 radical (unpaired) electrons. The fourth-order valence-electron chi connectivity index (χ4n) is 3.26. The van der Waals surface area contributed by atoms with Gasteiger partial charge in [0.1, 0.15) is 0 Å². The SMILES string of the molecule is O=C(Nc1cc2n(n1)CCC2)C(=O)NC(c1ccccc1)C1CC1. The van der Waals surface area contributed by atoms with Gasteiger partial charge in [0.25, 0.3) is 0 Å². The normalized spacial score (nSPS) is 17.2. The minimum Gasteiger partial charge on any atom is -0.341 e. The zero-order valence-corrected chi connectivity index (χ0v) is 13.4. The second-order valence-corrected chi connectivity index (χ2v) is 6.50. The predicted octanol–water partition coefficient (Wildman–Crippen LogP) is 2.04. The smallest absolute Gasteiger partial charge is 0.314 e. The maximum atomic E-state index is 12.3. The zero-order valence-electron chi connectivity index (χ0n) is 13.4. The van der Waals surface area contributed by atoms with Crippen molar-refractivity contribution in [1.82, 2.24) is 15.1 Å². The molecule has 1 unspecified atom stereocenters. The minimum atomic E-state index is -0.659. The molecule has 124 valence electrons. The number of hydrogen-bond donors (Lipinski definition) is 2. The number of hydrogen-bond acceptors (Lipinski definition) is 3. The molecule has 2 aromatic rings. The van der Waals surface area contributed by atoms with Crippen LogP contribution >= 0.6 is 0 Å². The van der Waals surface area contributed by atoms with Crippen molar-refractivity contribution >= 4 is 17.6 Å². The average molecular weight is 324 g/mol. The lowest BCUT2D eigenvalue weighted by Crippen LogP contribution is -2.38. The summed E-state index contributed by atoms with van der Waals surface area (Å²) in [5.41, 5.74) is 2.15. The lowest BCUT2D eigenvalue weighted by Gasteiger charge is -2.18. The first kappa shape index (κ1) is 14.9. The van der Waals surface area contributed by atoms with Gasteiger partial charge in [-0.2, -0.15) is 5.10 Å². The molecule has 4 rings (SSSR count). The summed E-state index contributed by atoms with van der Waals surface area (Å²) in [6.07, 6.45) is 4.20. The van der Waals surface area contributed by atoms with Crippen LogP contribution in [0.3, 0.4) is 0 Å². The number of aryl methyl sites for hydroxylation is 2. The topological polar surface area (TPSA) is 76.0 Å². The van der Waals surface area contributed by atoms with Gasteiger partial charge >= 0.3 is 11.8 Å². The molecule has 0 saturated heterocycles. The number of fused-ring (bicyclic) bond motifs is 1. The summed E-state index contributed by atoms with van der Waals surface area (Å²) in [4.78, 5) is 24.5. The van der Waals surface area contributed by atoms with Gasteiger partial charge in [0, 0.05) is 18.3 Å². The van der Waals surface area contributed by atoms with E-state index in [0.29, 0.717) is 11.7 Å². The van der Waals surface area contributed by atoms with Crippen molar-refractivity contribution in [3.8, 4) is 0 Å². The van der Waals surface area contributed by atoms with Crippen LogP contribution in [0, 0.1) is 5.92 Å². The van der Waals surface area contributed by atoms with Gasteiger partial charge in [0.05, 0.1) is 6.04 Å². The van der Waals surface area contributed by atoms with E-state index in [-0.39, 0.29) is 6.04 Å². The molecule has 1 aromatic carbocycles. The summed E-state index contributed by atoms with van der Waals surface area (Å²) in [6.45, 7) is 0.870. The molecule has 1 saturated carbocycles. The second-order valence-electron chi connectivity index (χ2n) is 6.50. The van der Waals surface area contributed by atoms with Crippen LogP contribution < -0.4 is 10.6 Å². The Bertz CT molecular complexity index is 743. The number of carbonyl (C=O) groups excluding carboxylic acids is 2. The number of rotatable bonds is 4. The van der Waals surface area contributed by atoms with Gasteiger partial charge in [0.15, 0.2) is 5.82 Å². The Labute approximate surface area is 140 Å². The Morgan fingerprint density at radius 1 is 1.17 bits per heavy atom. The zero-order chi connectivity index (χ0) is 16.5. The summed E-state index contributed by atoms with van der Waals surface area (Å²) >= 11 is 0. The van der Waals surface area contributed by atoms with Crippen molar-refractivity contribution in [1.29, 1.82) is 0 Å². The maximum Gasteiger partial charge on any atom is 0.314 e. The third-order valence-electron chi connectivity index (χ3n) is 4.65. The van der Waals surface area contributed by atoms with E-state index in [1.165, 1.54) is 0 Å². The Hall–Kier alpha value is -2.63. The van der Waals surface area contributed by atoms with E-state index in [4.69, 9.17) is 0 Å². The maximum absolute atomic E-state index is 12.3. The van der Waals surface area contributed by atoms with Gasteiger partial charge < -0.3 is 10.6 Å². The second kappa shape index (κ2) is 6.11. The summed E-state index contributed by atoms with van der Waals surface area (Å²) in [5, 5.41) is 9.79. The van der Waals surface area contributed by atoms with Crippen LogP contribution in [-0.4, -0.2) is 21.6 Å². The molecule has 24 heavy (non-hydrogen) atoms. The first-order chi connectivity index (χ1) is 11.7. The van der Waals surface area contributed by atoms with E-state index in [1.807, 2.05) is 41.1 Å². The van der Waals surface area contributed by atoms with Crippen molar-refractivity contribution in [2.24, 2.45) is 5.92 Å². The Morgan fingerprint density at radius 2 is 1.96 bits per heavy atom. The molecular formula is C18H20N4O2. The molecular weight excluding hydrogens is 304 g/mol. The van der Waals surface area contributed by atoms with Gasteiger partial charge in [-0.15, -0.1) is 0 Å². The molecule has 2 aliphatic rings. The third-order valence-corrected chi connectivity index (χ3v) is 4.65. The van der Waals surface area contributed by atoms with Crippen LogP contribution in [0.4, 0.5) is 5.82 Å². The Morgan fingerprint density at radius 3 is 2.67 bits per heavy atom. The lowest BCUT2D eigenvalue weighted by atomic mass is 10.0. The standard InChI is InChI=1S/C18H20N4O2/c23-17(19-15-11-14-7-4-10-22(14)21-15)18(24)20-16(13-8-9-13)12-5-2-1-3-6-12/h1-3,5-6,11,13,16H,4,7-10H2,(H,20,24)(H,19,21,23). The Kier molecular flexibility index (Phi) is 3.80. The van der Waals surface area contributed by atoms with Crippen molar-refractivity contribution in [2.45, 2.75) is 38.3 Å². The van der Waals surface area contributed by atoms with Crippen molar-refractivity contribution in [2.75, 3.05) is 5.32 Å². The number of anilines is 1. The van der Waals surface area contributed by atoms with Crippen LogP contribution in [0.1, 0.15) is 36.6 Å². The van der Waals surface area contributed by atoms with Gasteiger partial charge in [-0.25, -0.2) is 0 Å². The van der Waals surface area contributed by atoms with Crippen molar-refractivity contribution in [3.05, 3.63) is 47.7 Å². The van der Waals surface area contributed by atoms with E-state index in [0.717, 1.165) is 43.5 Å². The van der Waals surface area contributed by atoms with Gasteiger partial charge in [0.2, 0.25) is 0 Å². The van der Waals surface area contributed by atoms with Crippen LogP contribution in [0.25, 0.3) is 0 Å². The molecule has 6 nitrogen and oxygen atoms in total. The van der Waals surface area contributed by atoms with Crippen molar-refractivity contribution < 1.29 is 9.59 Å². The molecule has 1 aliphatic heterocycles. The molecule has 1 fully saturated rings. The van der Waals surface area contributed by atoms with E-state index >= 15 is 0 Å². The van der Waals surface area contributed by atoms with E-state index < -0.39 is 11.8 Å². The number of benzene rings is 1. The summed E-state index contributed by atoms with van der Waals surface area (Å²) in [7, 11) is 0. The highest BCUT2D eigenvalue weighted by molar-refractivity contribution is 6.39. The number of aromatic nitrogens is 2. The van der Waals surface area contributed by atoms with E-state index in [9.17, 15) is 9.59 Å². The first-order valence-electron chi connectivity index (χ1n) is 8.44. The summed E-state index contributed by atoms with van der Waals surface area (Å²) < 4.78 is 1.88. The largest absolute Gasteiger partial charge is 0.341 e. The molecule has 1 atom stereocenters. The van der Waals surface area contributed by atoms with Crippen LogP contribution in [0.2, 0.25) is 0 Å². The molecule has 6 heteroatoms. The van der Waals surface area contributed by atoms with Gasteiger partial charge in [-0.1, -0.05) is 30.3 Å². The highest BCUT2D eigenvalue weighted by atomic mass is 16.2. The fraction of sp³-hybridized carbons (Fsp3) is 0.389. The van der Waals surface area contributed by atoms with Crippen LogP contribution in [0.5, 0.6) is 0 Å². The fourth-order valence-corrected chi connectivity index (χ4v) is 3.26. The van der Waals surface area contributed by atoms with E-state index in [2.05, 4.69) is 15.7 Å². The summed E-state index contributed by atoms with van der Waals surface area (Å²) in [6, 6.07) is 11.6. The number of nitrogens with zero attached hydrogens (tertiary/aromatic N) is 2. The highest BCUT2D eigenvalue weighted by Crippen LogP contribution is 2.40. The molecule has 0 spiro atoms. The molecule has 2 amide bonds. The molecule has 2 N–H and O–H groups in total. The number of carbonyl (C=O) groups is 2. The third kappa shape index (κ3) is 3.04. The predicted molar refractivity (Wildman–Crippen MR) is 89.2 cm³/mol. The Balaban J connectivity index is 1.41. The average Bonchev–Trinajstić information content (AvgIpc) is 3.22. The van der Waals surface area contributed by atoms with E-state index in [1.54, 1.807) is 0 Å². The van der Waals surface area contributed by atoms with Gasteiger partial charge in [-0.05, 0) is 37.2 Å². The highest BCUT2D eigenvalue weighted by Gasteiger charge is 2.34. The number of amides is 2. The monoisotopic (exact) mass is 324 g/mol. The molecule has 1 aliphatic carbocycles. The molecule has 2 heterocycles. The molecule has 0 bridgehead atoms. The quantitative estimate of drug-likeness (QED) is 0.845. The molecule has 1 aromatic heterocycles. The first-order valence-corrected chi connectivity index (χ1v) is 8.44. The summed E-state index contributed by atoms with van der Waals surface area (Å²) in [5.74, 6) is -0.398. The minimum absolute atomic E-state index is 0.101.